The van der Waals surface area contributed by atoms with E-state index in [1.54, 1.807) is 55.6 Å². The molecule has 1 aromatic heterocycles. The number of anilines is 1. The molecule has 3 rings (SSSR count). The van der Waals surface area contributed by atoms with E-state index >= 15 is 0 Å². The van der Waals surface area contributed by atoms with Crippen LogP contribution in [0.4, 0.5) is 10.1 Å². The lowest BCUT2D eigenvalue weighted by atomic mass is 10.2. The number of amides is 2. The van der Waals surface area contributed by atoms with Gasteiger partial charge in [-0.3, -0.25) is 14.6 Å². The lowest BCUT2D eigenvalue weighted by Crippen LogP contribution is -2.42. The number of benzene rings is 2. The molecule has 7 heteroatoms. The highest BCUT2D eigenvalue weighted by Gasteiger charge is 2.16. The van der Waals surface area contributed by atoms with Crippen molar-refractivity contribution in [3.63, 3.8) is 0 Å². The molecule has 0 aliphatic carbocycles. The molecule has 0 aliphatic rings. The lowest BCUT2D eigenvalue weighted by Gasteiger charge is -2.14. The third-order valence-corrected chi connectivity index (χ3v) is 4.01. The van der Waals surface area contributed by atoms with Crippen LogP contribution in [0.25, 0.3) is 0 Å². The van der Waals surface area contributed by atoms with E-state index in [1.807, 2.05) is 0 Å². The summed E-state index contributed by atoms with van der Waals surface area (Å²) in [5.41, 5.74) is 1.20. The Labute approximate surface area is 167 Å². The molecule has 148 valence electrons. The largest absolute Gasteiger partial charge is 0.457 e. The average molecular weight is 393 g/mol. The molecule has 0 spiro atoms. The molecule has 1 heterocycles. The number of carbonyl (C=O) groups excluding carboxylic acids is 2. The third kappa shape index (κ3) is 6.14. The molecule has 0 aliphatic heterocycles. The topological polar surface area (TPSA) is 80.3 Å². The highest BCUT2D eigenvalue weighted by Crippen LogP contribution is 2.23. The van der Waals surface area contributed by atoms with Crippen LogP contribution >= 0.6 is 0 Å². The van der Waals surface area contributed by atoms with Crippen molar-refractivity contribution in [2.24, 2.45) is 0 Å². The SMILES string of the molecule is CC(NC(=O)Cc1ccccn1)C(=O)Nc1ccc(Oc2ccc(F)cc2)cc1. The normalized spacial score (nSPS) is 11.4. The van der Waals surface area contributed by atoms with Crippen molar-refractivity contribution < 1.29 is 18.7 Å². The number of pyridine rings is 1. The highest BCUT2D eigenvalue weighted by molar-refractivity contribution is 5.97. The molecule has 0 saturated carbocycles. The van der Waals surface area contributed by atoms with Crippen molar-refractivity contribution in [3.05, 3.63) is 84.4 Å². The second-order valence-corrected chi connectivity index (χ2v) is 6.36. The Morgan fingerprint density at radius 2 is 1.66 bits per heavy atom. The van der Waals surface area contributed by atoms with Crippen LogP contribution < -0.4 is 15.4 Å². The number of aromatic nitrogens is 1. The minimum Gasteiger partial charge on any atom is -0.457 e. The summed E-state index contributed by atoms with van der Waals surface area (Å²) in [5.74, 6) is 0.0939. The number of nitrogens with one attached hydrogen (secondary N) is 2. The number of nitrogens with zero attached hydrogens (tertiary/aromatic N) is 1. The maximum absolute atomic E-state index is 12.9. The van der Waals surface area contributed by atoms with Crippen LogP contribution in [-0.2, 0) is 16.0 Å². The molecule has 3 aromatic rings. The molecule has 0 radical (unpaired) electrons. The molecule has 0 fully saturated rings. The predicted octanol–water partition coefficient (Wildman–Crippen LogP) is 3.70. The first-order chi connectivity index (χ1) is 14.0. The van der Waals surface area contributed by atoms with Crippen LogP contribution in [-0.4, -0.2) is 22.8 Å². The minimum atomic E-state index is -0.707. The number of rotatable bonds is 7. The summed E-state index contributed by atoms with van der Waals surface area (Å²) in [5, 5.41) is 5.39. The summed E-state index contributed by atoms with van der Waals surface area (Å²) < 4.78 is 18.5. The average Bonchev–Trinajstić information content (AvgIpc) is 2.71. The van der Waals surface area contributed by atoms with Gasteiger partial charge in [0, 0.05) is 17.6 Å². The van der Waals surface area contributed by atoms with Gasteiger partial charge in [0.1, 0.15) is 23.4 Å². The smallest absolute Gasteiger partial charge is 0.246 e. The van der Waals surface area contributed by atoms with E-state index in [9.17, 15) is 14.0 Å². The zero-order valence-corrected chi connectivity index (χ0v) is 15.8. The number of carbonyl (C=O) groups is 2. The molecular weight excluding hydrogens is 373 g/mol. The van der Waals surface area contributed by atoms with Crippen LogP contribution in [0.5, 0.6) is 11.5 Å². The van der Waals surface area contributed by atoms with E-state index < -0.39 is 6.04 Å². The van der Waals surface area contributed by atoms with Gasteiger partial charge in [-0.25, -0.2) is 4.39 Å². The highest BCUT2D eigenvalue weighted by atomic mass is 19.1. The Balaban J connectivity index is 1.50. The predicted molar refractivity (Wildman–Crippen MR) is 107 cm³/mol. The Morgan fingerprint density at radius 1 is 1.00 bits per heavy atom. The molecule has 1 unspecified atom stereocenters. The fourth-order valence-corrected chi connectivity index (χ4v) is 2.52. The van der Waals surface area contributed by atoms with Crippen molar-refractivity contribution >= 4 is 17.5 Å². The second kappa shape index (κ2) is 9.45. The van der Waals surface area contributed by atoms with Gasteiger partial charge in [-0.15, -0.1) is 0 Å². The Hall–Kier alpha value is -3.74. The molecule has 29 heavy (non-hydrogen) atoms. The maximum Gasteiger partial charge on any atom is 0.246 e. The Morgan fingerprint density at radius 3 is 2.28 bits per heavy atom. The zero-order chi connectivity index (χ0) is 20.6. The van der Waals surface area contributed by atoms with E-state index in [0.717, 1.165) is 0 Å². The monoisotopic (exact) mass is 393 g/mol. The van der Waals surface area contributed by atoms with Crippen LogP contribution in [0.2, 0.25) is 0 Å². The second-order valence-electron chi connectivity index (χ2n) is 6.36. The Kier molecular flexibility index (Phi) is 6.52. The van der Waals surface area contributed by atoms with Gasteiger partial charge in [-0.05, 0) is 67.6 Å². The lowest BCUT2D eigenvalue weighted by molar-refractivity contribution is -0.125. The van der Waals surface area contributed by atoms with Crippen molar-refractivity contribution in [2.75, 3.05) is 5.32 Å². The van der Waals surface area contributed by atoms with Crippen molar-refractivity contribution in [1.29, 1.82) is 0 Å². The van der Waals surface area contributed by atoms with Crippen molar-refractivity contribution in [1.82, 2.24) is 10.3 Å². The first-order valence-corrected chi connectivity index (χ1v) is 9.03. The van der Waals surface area contributed by atoms with Crippen molar-refractivity contribution in [2.45, 2.75) is 19.4 Å². The molecule has 1 atom stereocenters. The van der Waals surface area contributed by atoms with E-state index in [2.05, 4.69) is 15.6 Å². The molecule has 0 saturated heterocycles. The van der Waals surface area contributed by atoms with E-state index in [4.69, 9.17) is 4.74 Å². The first-order valence-electron chi connectivity index (χ1n) is 9.03. The summed E-state index contributed by atoms with van der Waals surface area (Å²) in [6.07, 6.45) is 1.72. The van der Waals surface area contributed by atoms with Crippen LogP contribution in [0.3, 0.4) is 0 Å². The van der Waals surface area contributed by atoms with Gasteiger partial charge >= 0.3 is 0 Å². The van der Waals surface area contributed by atoms with Crippen LogP contribution in [0, 0.1) is 5.82 Å². The van der Waals surface area contributed by atoms with Gasteiger partial charge < -0.3 is 15.4 Å². The summed E-state index contributed by atoms with van der Waals surface area (Å²) in [6.45, 7) is 1.61. The molecule has 6 nitrogen and oxygen atoms in total. The van der Waals surface area contributed by atoms with Gasteiger partial charge in [0.15, 0.2) is 0 Å². The van der Waals surface area contributed by atoms with Crippen LogP contribution in [0.15, 0.2) is 72.9 Å². The molecule has 2 amide bonds. The van der Waals surface area contributed by atoms with E-state index in [0.29, 0.717) is 22.9 Å². The minimum absolute atomic E-state index is 0.105. The molecule has 2 N–H and O–H groups in total. The number of hydrogen-bond donors (Lipinski definition) is 2. The summed E-state index contributed by atoms with van der Waals surface area (Å²) in [6, 6.07) is 17.0. The summed E-state index contributed by atoms with van der Waals surface area (Å²) in [4.78, 5) is 28.4. The maximum atomic E-state index is 12.9. The number of ether oxygens (including phenoxy) is 1. The summed E-state index contributed by atoms with van der Waals surface area (Å²) in [7, 11) is 0. The zero-order valence-electron chi connectivity index (χ0n) is 15.8. The molecule has 0 bridgehead atoms. The summed E-state index contributed by atoms with van der Waals surface area (Å²) >= 11 is 0. The number of hydrogen-bond acceptors (Lipinski definition) is 4. The van der Waals surface area contributed by atoms with Gasteiger partial charge in [0.2, 0.25) is 11.8 Å². The quantitative estimate of drug-likeness (QED) is 0.641. The fourth-order valence-electron chi connectivity index (χ4n) is 2.52. The molecule has 2 aromatic carbocycles. The third-order valence-electron chi connectivity index (χ3n) is 4.01. The van der Waals surface area contributed by atoms with Crippen LogP contribution in [0.1, 0.15) is 12.6 Å². The molecular formula is C22H20FN3O3. The fraction of sp³-hybridized carbons (Fsp3) is 0.136. The Bertz CT molecular complexity index is 961. The standard InChI is InChI=1S/C22H20FN3O3/c1-15(25-21(27)14-18-4-2-3-13-24-18)22(28)26-17-7-11-20(12-8-17)29-19-9-5-16(23)6-10-19/h2-13,15H,14H2,1H3,(H,25,27)(H,26,28). The first kappa shape index (κ1) is 20.0. The van der Waals surface area contributed by atoms with Gasteiger partial charge in [0.25, 0.3) is 0 Å². The van der Waals surface area contributed by atoms with Crippen molar-refractivity contribution in [3.8, 4) is 11.5 Å². The number of halogens is 1. The van der Waals surface area contributed by atoms with Gasteiger partial charge in [-0.1, -0.05) is 6.07 Å². The van der Waals surface area contributed by atoms with E-state index in [-0.39, 0.29) is 24.1 Å². The van der Waals surface area contributed by atoms with Gasteiger partial charge in [0.05, 0.1) is 6.42 Å². The van der Waals surface area contributed by atoms with E-state index in [1.165, 1.54) is 24.3 Å². The van der Waals surface area contributed by atoms with Gasteiger partial charge in [-0.2, -0.15) is 0 Å².